The number of amides is 4. The molecule has 1 unspecified atom stereocenters. The minimum atomic E-state index is -0.859. The first-order valence-electron chi connectivity index (χ1n) is 15.4. The molecule has 2 saturated heterocycles. The van der Waals surface area contributed by atoms with Gasteiger partial charge in [-0.2, -0.15) is 0 Å². The smallest absolute Gasteiger partial charge is 0.334 e. The topological polar surface area (TPSA) is 113 Å². The molecule has 238 valence electrons. The normalized spacial score (nSPS) is 19.3. The molecule has 0 spiro atoms. The summed E-state index contributed by atoms with van der Waals surface area (Å²) >= 11 is 0. The van der Waals surface area contributed by atoms with E-state index in [0.717, 1.165) is 33.4 Å². The van der Waals surface area contributed by atoms with E-state index in [1.165, 1.54) is 0 Å². The largest absolute Gasteiger partial charge is 0.508 e. The van der Waals surface area contributed by atoms with E-state index >= 15 is 0 Å². The van der Waals surface area contributed by atoms with Crippen LogP contribution in [0.2, 0.25) is 0 Å². The molecule has 3 aromatic carbocycles. The third-order valence-corrected chi connectivity index (χ3v) is 8.72. The van der Waals surface area contributed by atoms with Crippen molar-refractivity contribution in [2.24, 2.45) is 0 Å². The van der Waals surface area contributed by atoms with Crippen molar-refractivity contribution in [3.05, 3.63) is 102 Å². The molecule has 4 amide bonds. The van der Waals surface area contributed by atoms with Gasteiger partial charge in [0.05, 0.1) is 24.6 Å². The van der Waals surface area contributed by atoms with Gasteiger partial charge in [-0.15, -0.1) is 0 Å². The van der Waals surface area contributed by atoms with Crippen molar-refractivity contribution < 1.29 is 19.5 Å². The Balaban J connectivity index is 1.37. The van der Waals surface area contributed by atoms with E-state index in [0.29, 0.717) is 0 Å². The van der Waals surface area contributed by atoms with Crippen LogP contribution >= 0.6 is 0 Å². The standard InChI is InChI=1S/C35H39N7O4/c1-23(25-10-6-5-7-11-25)36-35(46)42-31-21-40(20-27-19-26-12-8-9-13-29(26)37-33(27)38(2)3)34(45)30(41(31)32(44)22-39(42)4)18-24-14-16-28(43)17-15-24/h5-17,19,23,30-31,43H,18,20-22H2,1-4H3,(H,36,46)/t23-,30-,31?/m0/s1. The second kappa shape index (κ2) is 12.7. The van der Waals surface area contributed by atoms with Crippen LogP contribution in [-0.2, 0) is 22.6 Å². The molecule has 3 atom stereocenters. The zero-order valence-electron chi connectivity index (χ0n) is 26.5. The molecule has 11 nitrogen and oxygen atoms in total. The fraction of sp³-hybridized carbons (Fsp3) is 0.314. The van der Waals surface area contributed by atoms with E-state index in [9.17, 15) is 19.5 Å². The van der Waals surface area contributed by atoms with Crippen molar-refractivity contribution in [3.8, 4) is 5.75 Å². The van der Waals surface area contributed by atoms with Gasteiger partial charge in [0.2, 0.25) is 11.8 Å². The summed E-state index contributed by atoms with van der Waals surface area (Å²) in [7, 11) is 5.56. The van der Waals surface area contributed by atoms with Crippen molar-refractivity contribution in [2.75, 3.05) is 39.1 Å². The molecule has 0 bridgehead atoms. The Morgan fingerprint density at radius 2 is 1.72 bits per heavy atom. The number of rotatable bonds is 7. The van der Waals surface area contributed by atoms with Gasteiger partial charge in [0.15, 0.2) is 0 Å². The fourth-order valence-corrected chi connectivity index (χ4v) is 6.44. The number of carbonyl (C=O) groups excluding carboxylic acids is 3. The number of benzene rings is 3. The predicted octanol–water partition coefficient (Wildman–Crippen LogP) is 3.75. The third-order valence-electron chi connectivity index (χ3n) is 8.72. The van der Waals surface area contributed by atoms with E-state index < -0.39 is 12.2 Å². The van der Waals surface area contributed by atoms with Crippen LogP contribution in [0.1, 0.15) is 29.7 Å². The number of nitrogens with zero attached hydrogens (tertiary/aromatic N) is 6. The highest BCUT2D eigenvalue weighted by molar-refractivity contribution is 5.92. The van der Waals surface area contributed by atoms with Crippen molar-refractivity contribution in [1.29, 1.82) is 0 Å². The van der Waals surface area contributed by atoms with Gasteiger partial charge in [0.1, 0.15) is 23.8 Å². The maximum atomic E-state index is 14.4. The van der Waals surface area contributed by atoms with Crippen molar-refractivity contribution in [3.63, 3.8) is 0 Å². The highest BCUT2D eigenvalue weighted by atomic mass is 16.3. The van der Waals surface area contributed by atoms with Crippen LogP contribution in [0.4, 0.5) is 10.6 Å². The van der Waals surface area contributed by atoms with Crippen LogP contribution in [0.15, 0.2) is 84.9 Å². The third kappa shape index (κ3) is 6.05. The van der Waals surface area contributed by atoms with Gasteiger partial charge in [-0.05, 0) is 42.3 Å². The molecule has 2 fully saturated rings. The number of anilines is 1. The number of urea groups is 1. The Morgan fingerprint density at radius 3 is 2.43 bits per heavy atom. The summed E-state index contributed by atoms with van der Waals surface area (Å²) in [6.45, 7) is 2.23. The number of phenols is 1. The molecule has 2 N–H and O–H groups in total. The molecule has 2 aliphatic rings. The maximum Gasteiger partial charge on any atom is 0.334 e. The number of nitrogens with one attached hydrogen (secondary N) is 1. The van der Waals surface area contributed by atoms with Crippen LogP contribution in [0.25, 0.3) is 10.9 Å². The molecule has 0 aliphatic carbocycles. The van der Waals surface area contributed by atoms with Gasteiger partial charge >= 0.3 is 6.03 Å². The van der Waals surface area contributed by atoms with Gasteiger partial charge in [-0.25, -0.2) is 19.8 Å². The molecule has 4 aromatic rings. The lowest BCUT2D eigenvalue weighted by atomic mass is 9.98. The quantitative estimate of drug-likeness (QED) is 0.323. The Bertz CT molecular complexity index is 1750. The van der Waals surface area contributed by atoms with Crippen LogP contribution in [0.3, 0.4) is 0 Å². The number of carbonyl (C=O) groups is 3. The average Bonchev–Trinajstić information content (AvgIpc) is 3.03. The van der Waals surface area contributed by atoms with E-state index in [-0.39, 0.29) is 55.7 Å². The highest BCUT2D eigenvalue weighted by Crippen LogP contribution is 2.31. The molecular formula is C35H39N7O4. The number of para-hydroxylation sites is 1. The van der Waals surface area contributed by atoms with Gasteiger partial charge in [-0.3, -0.25) is 9.59 Å². The fourth-order valence-electron chi connectivity index (χ4n) is 6.44. The van der Waals surface area contributed by atoms with E-state index in [1.807, 2.05) is 80.5 Å². The zero-order chi connectivity index (χ0) is 32.5. The first-order valence-corrected chi connectivity index (χ1v) is 15.4. The molecule has 1 aromatic heterocycles. The summed E-state index contributed by atoms with van der Waals surface area (Å²) in [6.07, 6.45) is -0.515. The molecule has 0 radical (unpaired) electrons. The monoisotopic (exact) mass is 621 g/mol. The lowest BCUT2D eigenvalue weighted by Crippen LogP contribution is -2.76. The number of hydrogen-bond donors (Lipinski definition) is 2. The van der Waals surface area contributed by atoms with Crippen molar-refractivity contribution in [1.82, 2.24) is 30.1 Å². The molecule has 11 heteroatoms. The van der Waals surface area contributed by atoms with Gasteiger partial charge in [0.25, 0.3) is 0 Å². The summed E-state index contributed by atoms with van der Waals surface area (Å²) in [5.41, 5.74) is 3.46. The molecule has 6 rings (SSSR count). The number of fused-ring (bicyclic) bond motifs is 2. The van der Waals surface area contributed by atoms with Crippen molar-refractivity contribution >= 4 is 34.6 Å². The maximum absolute atomic E-state index is 14.4. The van der Waals surface area contributed by atoms with Crippen LogP contribution in [0, 0.1) is 0 Å². The minimum absolute atomic E-state index is 0.0532. The van der Waals surface area contributed by atoms with E-state index in [4.69, 9.17) is 4.98 Å². The molecule has 2 aliphatic heterocycles. The number of aromatic hydroxyl groups is 1. The first kappa shape index (κ1) is 30.8. The Morgan fingerprint density at radius 1 is 1.02 bits per heavy atom. The zero-order valence-corrected chi connectivity index (χ0v) is 26.5. The van der Waals surface area contributed by atoms with Gasteiger partial charge < -0.3 is 25.1 Å². The summed E-state index contributed by atoms with van der Waals surface area (Å²) in [5, 5.41) is 17.1. The Labute approximate surface area is 268 Å². The second-order valence-corrected chi connectivity index (χ2v) is 12.2. The number of piperazine rings is 1. The molecule has 46 heavy (non-hydrogen) atoms. The summed E-state index contributed by atoms with van der Waals surface area (Å²) in [4.78, 5) is 52.2. The van der Waals surface area contributed by atoms with Gasteiger partial charge in [-0.1, -0.05) is 60.7 Å². The minimum Gasteiger partial charge on any atom is -0.508 e. The Kier molecular flexibility index (Phi) is 8.50. The van der Waals surface area contributed by atoms with Crippen LogP contribution < -0.4 is 10.2 Å². The van der Waals surface area contributed by atoms with Crippen LogP contribution in [0.5, 0.6) is 5.75 Å². The molecule has 3 heterocycles. The first-order chi connectivity index (χ1) is 22.1. The number of likely N-dealkylation sites (N-methyl/N-ethyl adjacent to an activating group) is 1. The number of hydrogen-bond acceptors (Lipinski definition) is 7. The van der Waals surface area contributed by atoms with Crippen molar-refractivity contribution in [2.45, 2.75) is 38.1 Å². The number of hydrazine groups is 1. The number of aromatic nitrogens is 1. The lowest BCUT2D eigenvalue weighted by molar-refractivity contribution is -0.187. The second-order valence-electron chi connectivity index (χ2n) is 12.2. The molecular weight excluding hydrogens is 582 g/mol. The summed E-state index contributed by atoms with van der Waals surface area (Å²) < 4.78 is 0. The van der Waals surface area contributed by atoms with Crippen LogP contribution in [-0.4, -0.2) is 94.2 Å². The predicted molar refractivity (Wildman–Crippen MR) is 176 cm³/mol. The lowest BCUT2D eigenvalue weighted by Gasteiger charge is -2.54. The van der Waals surface area contributed by atoms with E-state index in [1.54, 1.807) is 51.1 Å². The number of pyridine rings is 1. The SMILES string of the molecule is C[C@H](NC(=O)N1C2CN(Cc3cc4ccccc4nc3N(C)C)C(=O)[C@H](Cc3ccc(O)cc3)N2C(=O)CN1C)c1ccccc1. The van der Waals surface area contributed by atoms with E-state index in [2.05, 4.69) is 11.4 Å². The average molecular weight is 622 g/mol. The van der Waals surface area contributed by atoms with Gasteiger partial charge in [0, 0.05) is 45.1 Å². The summed E-state index contributed by atoms with van der Waals surface area (Å²) in [6, 6.07) is 24.7. The highest BCUT2D eigenvalue weighted by Gasteiger charge is 2.51. The molecule has 0 saturated carbocycles. The Hall–Kier alpha value is -5.16. The summed E-state index contributed by atoms with van der Waals surface area (Å²) in [5.74, 6) is 0.417. The number of phenolic OH excluding ortho intramolecular Hbond substituents is 1.